The Labute approximate surface area is 176 Å². The monoisotopic (exact) mass is 456 g/mol. The Balaban J connectivity index is 2.34. The number of carbonyl (C=O) groups excluding carboxylic acids is 1. The van der Waals surface area contributed by atoms with E-state index >= 15 is 0 Å². The number of hydrogen-bond acceptors (Lipinski definition) is 6. The van der Waals surface area contributed by atoms with Gasteiger partial charge in [-0.3, -0.25) is 4.79 Å². The van der Waals surface area contributed by atoms with Crippen LogP contribution in [0.3, 0.4) is 0 Å². The molecule has 0 radical (unpaired) electrons. The zero-order valence-electron chi connectivity index (χ0n) is 16.6. The average Bonchev–Trinajstić information content (AvgIpc) is 2.65. The normalized spacial score (nSPS) is 13.1. The molecule has 0 fully saturated rings. The van der Waals surface area contributed by atoms with Crippen LogP contribution in [0.4, 0.5) is 5.69 Å². The van der Waals surface area contributed by atoms with Gasteiger partial charge in [-0.2, -0.15) is 0 Å². The second-order valence-corrected chi connectivity index (χ2v) is 11.0. The molecule has 2 rings (SSSR count). The standard InChI is InChI=1S/C19H24N2O5S3/c1-5-17(14-6-8-15(9-7-14)28(4,23)24)21-29(25,26)16-10-11-19(27-3)18(12-16)20-13(2)22/h6-12,17,21H,5H2,1-4H3,(H,20,22)/t17-/m0/s1. The Bertz CT molecular complexity index is 1100. The Kier molecular flexibility index (Phi) is 7.50. The molecule has 0 spiro atoms. The van der Waals surface area contributed by atoms with Crippen LogP contribution >= 0.6 is 11.8 Å². The Morgan fingerprint density at radius 3 is 2.10 bits per heavy atom. The SMILES string of the molecule is CC[C@H](NS(=O)(=O)c1ccc(SC)c(NC(C)=O)c1)c1ccc(S(C)(=O)=O)cc1. The third-order valence-corrected chi connectivity index (χ3v) is 7.60. The number of thioether (sulfide) groups is 1. The summed E-state index contributed by atoms with van der Waals surface area (Å²) in [6.07, 6.45) is 3.42. The maximum atomic E-state index is 12.9. The number of nitrogens with one attached hydrogen (secondary N) is 2. The summed E-state index contributed by atoms with van der Waals surface area (Å²) in [7, 11) is -7.20. The van der Waals surface area contributed by atoms with Crippen LogP contribution in [0.25, 0.3) is 0 Å². The number of rotatable bonds is 8. The molecule has 0 aliphatic heterocycles. The highest BCUT2D eigenvalue weighted by Gasteiger charge is 2.22. The molecule has 1 atom stereocenters. The van der Waals surface area contributed by atoms with Crippen LogP contribution < -0.4 is 10.0 Å². The van der Waals surface area contributed by atoms with Crippen LogP contribution in [0.1, 0.15) is 31.9 Å². The molecule has 7 nitrogen and oxygen atoms in total. The number of anilines is 1. The molecule has 2 N–H and O–H groups in total. The molecule has 0 saturated carbocycles. The summed E-state index contributed by atoms with van der Waals surface area (Å²) in [6, 6.07) is 10.2. The van der Waals surface area contributed by atoms with E-state index in [4.69, 9.17) is 0 Å². The summed E-state index contributed by atoms with van der Waals surface area (Å²) >= 11 is 1.40. The predicted molar refractivity (Wildman–Crippen MR) is 115 cm³/mol. The van der Waals surface area contributed by atoms with Crippen molar-refractivity contribution < 1.29 is 21.6 Å². The van der Waals surface area contributed by atoms with Gasteiger partial charge in [0.1, 0.15) is 0 Å². The number of amides is 1. The summed E-state index contributed by atoms with van der Waals surface area (Å²) < 4.78 is 51.7. The van der Waals surface area contributed by atoms with Crippen molar-refractivity contribution in [3.63, 3.8) is 0 Å². The molecule has 0 unspecified atom stereocenters. The van der Waals surface area contributed by atoms with Gasteiger partial charge in [0.25, 0.3) is 0 Å². The Morgan fingerprint density at radius 1 is 1.03 bits per heavy atom. The average molecular weight is 457 g/mol. The molecule has 0 aromatic heterocycles. The van der Waals surface area contributed by atoms with Crippen molar-refractivity contribution in [1.82, 2.24) is 4.72 Å². The first-order chi connectivity index (χ1) is 13.5. The molecule has 2 aromatic carbocycles. The quantitative estimate of drug-likeness (QED) is 0.591. The molecule has 0 aliphatic rings. The van der Waals surface area contributed by atoms with Crippen LogP contribution in [-0.2, 0) is 24.7 Å². The number of benzene rings is 2. The van der Waals surface area contributed by atoms with Gasteiger partial charge in [-0.25, -0.2) is 21.6 Å². The second kappa shape index (κ2) is 9.29. The lowest BCUT2D eigenvalue weighted by Gasteiger charge is -2.19. The molecule has 1 amide bonds. The lowest BCUT2D eigenvalue weighted by molar-refractivity contribution is -0.114. The number of sulfonamides is 1. The van der Waals surface area contributed by atoms with Crippen LogP contribution in [0.15, 0.2) is 57.2 Å². The first kappa shape index (κ1) is 23.4. The molecule has 0 heterocycles. The van der Waals surface area contributed by atoms with Crippen molar-refractivity contribution in [3.05, 3.63) is 48.0 Å². The lowest BCUT2D eigenvalue weighted by Crippen LogP contribution is -2.28. The minimum atomic E-state index is -3.87. The minimum Gasteiger partial charge on any atom is -0.325 e. The van der Waals surface area contributed by atoms with Crippen LogP contribution in [0.2, 0.25) is 0 Å². The highest BCUT2D eigenvalue weighted by atomic mass is 32.2. The van der Waals surface area contributed by atoms with E-state index in [1.807, 2.05) is 13.2 Å². The number of sulfone groups is 1. The Hall–Kier alpha value is -1.88. The predicted octanol–water partition coefficient (Wildman–Crippen LogP) is 3.20. The molecule has 0 saturated heterocycles. The summed E-state index contributed by atoms with van der Waals surface area (Å²) in [5.41, 5.74) is 1.09. The zero-order chi connectivity index (χ0) is 21.8. The Morgan fingerprint density at radius 2 is 1.62 bits per heavy atom. The largest absolute Gasteiger partial charge is 0.325 e. The molecule has 10 heteroatoms. The highest BCUT2D eigenvalue weighted by molar-refractivity contribution is 7.98. The molecule has 158 valence electrons. The van der Waals surface area contributed by atoms with Gasteiger partial charge in [0.05, 0.1) is 15.5 Å². The van der Waals surface area contributed by atoms with Crippen molar-refractivity contribution in [2.75, 3.05) is 17.8 Å². The molecule has 0 aliphatic carbocycles. The van der Waals surface area contributed by atoms with Crippen molar-refractivity contribution >= 4 is 43.2 Å². The van der Waals surface area contributed by atoms with Crippen molar-refractivity contribution in [2.24, 2.45) is 0 Å². The van der Waals surface area contributed by atoms with Gasteiger partial charge in [-0.05, 0) is 48.6 Å². The summed E-state index contributed by atoms with van der Waals surface area (Å²) in [6.45, 7) is 3.19. The highest BCUT2D eigenvalue weighted by Crippen LogP contribution is 2.29. The van der Waals surface area contributed by atoms with E-state index in [0.717, 1.165) is 11.2 Å². The summed E-state index contributed by atoms with van der Waals surface area (Å²) in [5, 5.41) is 2.65. The van der Waals surface area contributed by atoms with Gasteiger partial charge >= 0.3 is 0 Å². The minimum absolute atomic E-state index is 0.0326. The zero-order valence-corrected chi connectivity index (χ0v) is 19.0. The van der Waals surface area contributed by atoms with Crippen LogP contribution in [0, 0.1) is 0 Å². The maximum absolute atomic E-state index is 12.9. The van der Waals surface area contributed by atoms with Gasteiger partial charge in [-0.1, -0.05) is 19.1 Å². The maximum Gasteiger partial charge on any atom is 0.241 e. The van der Waals surface area contributed by atoms with Crippen molar-refractivity contribution in [2.45, 2.75) is 41.0 Å². The van der Waals surface area contributed by atoms with E-state index in [2.05, 4.69) is 10.0 Å². The van der Waals surface area contributed by atoms with Gasteiger partial charge in [-0.15, -0.1) is 11.8 Å². The van der Waals surface area contributed by atoms with Crippen molar-refractivity contribution in [1.29, 1.82) is 0 Å². The lowest BCUT2D eigenvalue weighted by atomic mass is 10.1. The van der Waals surface area contributed by atoms with Gasteiger partial charge in [0, 0.05) is 24.1 Å². The van der Waals surface area contributed by atoms with Gasteiger partial charge < -0.3 is 5.32 Å². The summed E-state index contributed by atoms with van der Waals surface area (Å²) in [4.78, 5) is 12.4. The van der Waals surface area contributed by atoms with E-state index in [1.165, 1.54) is 43.0 Å². The third-order valence-electron chi connectivity index (χ3n) is 4.21. The fraction of sp³-hybridized carbons (Fsp3) is 0.316. The van der Waals surface area contributed by atoms with Crippen molar-refractivity contribution in [3.8, 4) is 0 Å². The fourth-order valence-corrected chi connectivity index (χ4v) is 5.23. The molecular weight excluding hydrogens is 432 g/mol. The molecule has 29 heavy (non-hydrogen) atoms. The number of hydrogen-bond donors (Lipinski definition) is 2. The van der Waals surface area contributed by atoms with Gasteiger partial charge in [0.2, 0.25) is 15.9 Å². The molecule has 0 bridgehead atoms. The smallest absolute Gasteiger partial charge is 0.241 e. The fourth-order valence-electron chi connectivity index (χ4n) is 2.73. The second-order valence-electron chi connectivity index (χ2n) is 6.47. The molecular formula is C19H24N2O5S3. The van der Waals surface area contributed by atoms with Crippen LogP contribution in [0.5, 0.6) is 0 Å². The summed E-state index contributed by atoms with van der Waals surface area (Å²) in [5.74, 6) is -0.291. The number of carbonyl (C=O) groups is 1. The van der Waals surface area contributed by atoms with E-state index in [0.29, 0.717) is 17.7 Å². The third kappa shape index (κ3) is 6.05. The van der Waals surface area contributed by atoms with E-state index in [-0.39, 0.29) is 15.7 Å². The topological polar surface area (TPSA) is 109 Å². The first-order valence-electron chi connectivity index (χ1n) is 8.76. The van der Waals surface area contributed by atoms with Crippen LogP contribution in [-0.4, -0.2) is 35.3 Å². The van der Waals surface area contributed by atoms with E-state index in [1.54, 1.807) is 18.2 Å². The van der Waals surface area contributed by atoms with Gasteiger partial charge in [0.15, 0.2) is 9.84 Å². The first-order valence-corrected chi connectivity index (χ1v) is 13.4. The molecule has 2 aromatic rings. The van der Waals surface area contributed by atoms with E-state index < -0.39 is 25.9 Å². The van der Waals surface area contributed by atoms with E-state index in [9.17, 15) is 21.6 Å².